The Labute approximate surface area is 182 Å². The van der Waals surface area contributed by atoms with Crippen molar-refractivity contribution in [3.8, 4) is 5.88 Å². The molecule has 1 aliphatic rings. The zero-order valence-electron chi connectivity index (χ0n) is 17.2. The second-order valence-electron chi connectivity index (χ2n) is 7.97. The number of benzene rings is 3. The van der Waals surface area contributed by atoms with E-state index in [4.69, 9.17) is 0 Å². The first kappa shape index (κ1) is 20.2. The van der Waals surface area contributed by atoms with Crippen LogP contribution in [0.2, 0.25) is 0 Å². The number of aliphatic imine (C=N–C) groups is 1. The summed E-state index contributed by atoms with van der Waals surface area (Å²) in [4.78, 5) is 8.86. The molecule has 1 aromatic heterocycles. The van der Waals surface area contributed by atoms with Gasteiger partial charge in [0, 0.05) is 35.9 Å². The van der Waals surface area contributed by atoms with E-state index in [2.05, 4.69) is 9.98 Å². The number of hydrogen-bond donors (Lipinski definition) is 2. The molecule has 2 heterocycles. The zero-order chi connectivity index (χ0) is 22.5. The third-order valence-electron chi connectivity index (χ3n) is 5.86. The van der Waals surface area contributed by atoms with Crippen LogP contribution in [0.3, 0.4) is 0 Å². The van der Waals surface area contributed by atoms with Crippen LogP contribution in [0.25, 0.3) is 10.9 Å². The fraction of sp³-hybridized carbons (Fsp3) is 0.160. The largest absolute Gasteiger partial charge is 0.494 e. The van der Waals surface area contributed by atoms with Crippen molar-refractivity contribution in [3.63, 3.8) is 0 Å². The monoisotopic (exact) mass is 435 g/mol. The molecule has 0 unspecified atom stereocenters. The van der Waals surface area contributed by atoms with Crippen LogP contribution in [0.1, 0.15) is 27.8 Å². The zero-order valence-corrected chi connectivity index (χ0v) is 17.2. The summed E-state index contributed by atoms with van der Waals surface area (Å²) in [5.41, 5.74) is 3.77. The molecule has 162 valence electrons. The van der Waals surface area contributed by atoms with Gasteiger partial charge in [-0.15, -0.1) is 0 Å². The fourth-order valence-corrected chi connectivity index (χ4v) is 4.32. The number of H-pyrrole nitrogens is 1. The van der Waals surface area contributed by atoms with E-state index in [1.807, 2.05) is 49.4 Å². The number of nitrogens with zero attached hydrogens (tertiary/aromatic N) is 2. The molecule has 0 aliphatic carbocycles. The summed E-state index contributed by atoms with van der Waals surface area (Å²) in [6.07, 6.45) is -3.11. The van der Waals surface area contributed by atoms with Crippen LogP contribution in [0.15, 0.2) is 65.7 Å². The molecule has 0 radical (unpaired) electrons. The van der Waals surface area contributed by atoms with Crippen LogP contribution in [-0.2, 0) is 19.3 Å². The second-order valence-corrected chi connectivity index (χ2v) is 7.97. The maximum Gasteiger partial charge on any atom is 0.418 e. The second kappa shape index (κ2) is 7.44. The van der Waals surface area contributed by atoms with Crippen molar-refractivity contribution >= 4 is 28.5 Å². The number of hydrogen-bond acceptors (Lipinski definition) is 3. The predicted octanol–water partition coefficient (Wildman–Crippen LogP) is 6.47. The predicted molar refractivity (Wildman–Crippen MR) is 120 cm³/mol. The SMILES string of the molecule is Cc1cccc2[nH]c(O)c(C=Nc3ccc(N4Cc5ccccc5C4)c(C(F)(F)F)c3)c12. The number of aromatic nitrogens is 1. The van der Waals surface area contributed by atoms with Crippen LogP contribution in [0.4, 0.5) is 24.5 Å². The molecule has 3 aromatic carbocycles. The Bertz CT molecular complexity index is 1330. The number of aromatic hydroxyl groups is 1. The Hall–Kier alpha value is -3.74. The smallest absolute Gasteiger partial charge is 0.418 e. The number of aromatic amines is 1. The Balaban J connectivity index is 1.51. The van der Waals surface area contributed by atoms with Crippen molar-refractivity contribution in [3.05, 3.63) is 88.5 Å². The van der Waals surface area contributed by atoms with Gasteiger partial charge in [0.1, 0.15) is 0 Å². The molecular weight excluding hydrogens is 415 g/mol. The lowest BCUT2D eigenvalue weighted by molar-refractivity contribution is -0.137. The molecule has 5 rings (SSSR count). The van der Waals surface area contributed by atoms with Gasteiger partial charge in [0.15, 0.2) is 5.88 Å². The Morgan fingerprint density at radius 3 is 2.41 bits per heavy atom. The molecule has 0 bridgehead atoms. The van der Waals surface area contributed by atoms with Crippen molar-refractivity contribution < 1.29 is 18.3 Å². The van der Waals surface area contributed by atoms with Crippen LogP contribution in [0.5, 0.6) is 5.88 Å². The van der Waals surface area contributed by atoms with Gasteiger partial charge in [-0.3, -0.25) is 4.99 Å². The molecule has 4 nitrogen and oxygen atoms in total. The Morgan fingerprint density at radius 2 is 1.72 bits per heavy atom. The van der Waals surface area contributed by atoms with Gasteiger partial charge in [0.25, 0.3) is 0 Å². The first-order chi connectivity index (χ1) is 15.3. The van der Waals surface area contributed by atoms with Crippen LogP contribution >= 0.6 is 0 Å². The van der Waals surface area contributed by atoms with Crippen molar-refractivity contribution in [1.82, 2.24) is 4.98 Å². The first-order valence-corrected chi connectivity index (χ1v) is 10.2. The number of alkyl halides is 3. The number of halogens is 3. The van der Waals surface area contributed by atoms with Gasteiger partial charge in [0.05, 0.1) is 16.8 Å². The minimum atomic E-state index is -4.52. The van der Waals surface area contributed by atoms with Crippen molar-refractivity contribution in [2.45, 2.75) is 26.2 Å². The van der Waals surface area contributed by atoms with Crippen LogP contribution < -0.4 is 4.90 Å². The molecular formula is C25H20F3N3O. The molecule has 4 aromatic rings. The van der Waals surface area contributed by atoms with Gasteiger partial charge in [-0.2, -0.15) is 13.2 Å². The summed E-state index contributed by atoms with van der Waals surface area (Å²) < 4.78 is 41.8. The number of aryl methyl sites for hydroxylation is 1. The van der Waals surface area contributed by atoms with E-state index in [1.165, 1.54) is 12.3 Å². The van der Waals surface area contributed by atoms with Gasteiger partial charge in [-0.05, 0) is 47.9 Å². The van der Waals surface area contributed by atoms with E-state index in [9.17, 15) is 18.3 Å². The van der Waals surface area contributed by atoms with E-state index in [1.54, 1.807) is 11.0 Å². The highest BCUT2D eigenvalue weighted by molar-refractivity contribution is 6.04. The van der Waals surface area contributed by atoms with E-state index in [0.717, 1.165) is 33.7 Å². The molecule has 0 amide bonds. The highest BCUT2D eigenvalue weighted by Gasteiger charge is 2.36. The van der Waals surface area contributed by atoms with Crippen molar-refractivity contribution in [2.24, 2.45) is 4.99 Å². The highest BCUT2D eigenvalue weighted by atomic mass is 19.4. The minimum Gasteiger partial charge on any atom is -0.494 e. The lowest BCUT2D eigenvalue weighted by Gasteiger charge is -2.23. The van der Waals surface area contributed by atoms with Gasteiger partial charge in [-0.1, -0.05) is 36.4 Å². The Kier molecular flexibility index (Phi) is 4.69. The third kappa shape index (κ3) is 3.49. The summed E-state index contributed by atoms with van der Waals surface area (Å²) in [5.74, 6) is -0.0689. The van der Waals surface area contributed by atoms with Gasteiger partial charge in [-0.25, -0.2) is 0 Å². The van der Waals surface area contributed by atoms with E-state index < -0.39 is 11.7 Å². The van der Waals surface area contributed by atoms with Gasteiger partial charge >= 0.3 is 6.18 Å². The van der Waals surface area contributed by atoms with Crippen molar-refractivity contribution in [1.29, 1.82) is 0 Å². The van der Waals surface area contributed by atoms with Gasteiger partial charge < -0.3 is 15.0 Å². The maximum absolute atomic E-state index is 13.9. The molecule has 0 fully saturated rings. The average Bonchev–Trinajstić information content (AvgIpc) is 3.32. The molecule has 2 N–H and O–H groups in total. The quantitative estimate of drug-likeness (QED) is 0.362. The maximum atomic E-state index is 13.9. The molecule has 7 heteroatoms. The Morgan fingerprint density at radius 1 is 1.00 bits per heavy atom. The molecule has 0 saturated carbocycles. The summed E-state index contributed by atoms with van der Waals surface area (Å²) in [5, 5.41) is 11.0. The first-order valence-electron chi connectivity index (χ1n) is 10.2. The number of rotatable bonds is 3. The van der Waals surface area contributed by atoms with E-state index >= 15 is 0 Å². The summed E-state index contributed by atoms with van der Waals surface area (Å²) >= 11 is 0. The third-order valence-corrected chi connectivity index (χ3v) is 5.86. The molecule has 0 atom stereocenters. The van der Waals surface area contributed by atoms with Crippen LogP contribution in [0, 0.1) is 6.92 Å². The van der Waals surface area contributed by atoms with E-state index in [0.29, 0.717) is 18.7 Å². The van der Waals surface area contributed by atoms with E-state index in [-0.39, 0.29) is 17.3 Å². The molecule has 1 aliphatic heterocycles. The minimum absolute atomic E-state index is 0.0689. The molecule has 0 spiro atoms. The normalized spacial score (nSPS) is 13.9. The average molecular weight is 435 g/mol. The summed E-state index contributed by atoms with van der Waals surface area (Å²) in [6, 6.07) is 17.4. The number of anilines is 1. The lowest BCUT2D eigenvalue weighted by Crippen LogP contribution is -2.19. The summed E-state index contributed by atoms with van der Waals surface area (Å²) in [7, 11) is 0. The number of nitrogens with one attached hydrogen (secondary N) is 1. The van der Waals surface area contributed by atoms with Crippen LogP contribution in [-0.4, -0.2) is 16.3 Å². The molecule has 32 heavy (non-hydrogen) atoms. The topological polar surface area (TPSA) is 51.6 Å². The standard InChI is InChI=1S/C25H20F3N3O/c1-15-5-4-8-21-23(15)19(24(32)30-21)12-29-18-9-10-22(20(11-18)25(26,27)28)31-13-16-6-2-3-7-17(16)14-31/h2-12,30,32H,13-14H2,1H3. The number of fused-ring (bicyclic) bond motifs is 2. The van der Waals surface area contributed by atoms with Crippen molar-refractivity contribution in [2.75, 3.05) is 4.90 Å². The summed E-state index contributed by atoms with van der Waals surface area (Å²) in [6.45, 7) is 2.77. The lowest BCUT2D eigenvalue weighted by atomic mass is 10.1. The highest BCUT2D eigenvalue weighted by Crippen LogP contribution is 2.41. The van der Waals surface area contributed by atoms with Gasteiger partial charge in [0.2, 0.25) is 0 Å². The fourth-order valence-electron chi connectivity index (χ4n) is 4.32. The molecule has 0 saturated heterocycles.